The van der Waals surface area contributed by atoms with Crippen LogP contribution in [0.4, 0.5) is 4.39 Å². The second-order valence-corrected chi connectivity index (χ2v) is 4.15. The molecule has 4 nitrogen and oxygen atoms in total. The first kappa shape index (κ1) is 15.1. The van der Waals surface area contributed by atoms with Crippen LogP contribution >= 0.6 is 24.0 Å². The minimum atomic E-state index is -0.331. The average Bonchev–Trinajstić information content (AvgIpc) is 2.38. The predicted molar refractivity (Wildman–Crippen MR) is 80.4 cm³/mol. The highest BCUT2D eigenvalue weighted by atomic mass is 127. The van der Waals surface area contributed by atoms with Gasteiger partial charge < -0.3 is 10.6 Å². The summed E-state index contributed by atoms with van der Waals surface area (Å²) < 4.78 is 13.3. The van der Waals surface area contributed by atoms with Crippen LogP contribution < -0.4 is 5.73 Å². The van der Waals surface area contributed by atoms with Crippen molar-refractivity contribution >= 4 is 29.9 Å². The molecule has 100 valence electrons. The van der Waals surface area contributed by atoms with Crippen LogP contribution in [0.5, 0.6) is 0 Å². The fraction of sp³-hybridized carbons (Fsp3) is 0.500. The zero-order valence-electron chi connectivity index (χ0n) is 10.2. The molecule has 0 saturated carbocycles. The second-order valence-electron chi connectivity index (χ2n) is 4.15. The summed E-state index contributed by atoms with van der Waals surface area (Å²) in [6, 6.07) is 2.95. The predicted octanol–water partition coefficient (Wildman–Crippen LogP) is 2.14. The number of hydrogen-bond donors (Lipinski definition) is 1. The Hall–Kier alpha value is -0.920. The molecule has 18 heavy (non-hydrogen) atoms. The third kappa shape index (κ3) is 4.08. The lowest BCUT2D eigenvalue weighted by molar-refractivity contribution is 0.338. The topological polar surface area (TPSA) is 54.5 Å². The van der Waals surface area contributed by atoms with Gasteiger partial charge >= 0.3 is 0 Å². The number of piperidine rings is 1. The number of aromatic nitrogens is 1. The van der Waals surface area contributed by atoms with Gasteiger partial charge in [0.1, 0.15) is 5.82 Å². The van der Waals surface area contributed by atoms with E-state index in [9.17, 15) is 4.39 Å². The van der Waals surface area contributed by atoms with Gasteiger partial charge in [0.15, 0.2) is 5.96 Å². The summed E-state index contributed by atoms with van der Waals surface area (Å²) in [4.78, 5) is 10.2. The Morgan fingerprint density at radius 1 is 1.39 bits per heavy atom. The molecule has 2 heterocycles. The fourth-order valence-electron chi connectivity index (χ4n) is 1.91. The van der Waals surface area contributed by atoms with Crippen molar-refractivity contribution in [2.24, 2.45) is 10.7 Å². The van der Waals surface area contributed by atoms with E-state index in [2.05, 4.69) is 9.98 Å². The number of nitrogens with two attached hydrogens (primary N) is 1. The SMILES string of the molecule is I.NC(=NCc1ncccc1F)N1CCCCC1. The van der Waals surface area contributed by atoms with Gasteiger partial charge in [-0.3, -0.25) is 4.98 Å². The van der Waals surface area contributed by atoms with Gasteiger partial charge in [0.2, 0.25) is 0 Å². The molecule has 1 aliphatic heterocycles. The van der Waals surface area contributed by atoms with Crippen molar-refractivity contribution < 1.29 is 4.39 Å². The molecule has 6 heteroatoms. The lowest BCUT2D eigenvalue weighted by Gasteiger charge is -2.27. The average molecular weight is 364 g/mol. The highest BCUT2D eigenvalue weighted by Gasteiger charge is 2.12. The van der Waals surface area contributed by atoms with Gasteiger partial charge in [-0.25, -0.2) is 9.38 Å². The van der Waals surface area contributed by atoms with Gasteiger partial charge in [-0.2, -0.15) is 0 Å². The minimum absolute atomic E-state index is 0. The molecule has 0 aliphatic carbocycles. The number of hydrogen-bond acceptors (Lipinski definition) is 2. The van der Waals surface area contributed by atoms with Crippen molar-refractivity contribution in [1.82, 2.24) is 9.88 Å². The van der Waals surface area contributed by atoms with Crippen LogP contribution in [0.3, 0.4) is 0 Å². The monoisotopic (exact) mass is 364 g/mol. The molecule has 2 N–H and O–H groups in total. The third-order valence-electron chi connectivity index (χ3n) is 2.91. The maximum atomic E-state index is 13.3. The fourth-order valence-corrected chi connectivity index (χ4v) is 1.91. The molecule has 0 aromatic carbocycles. The zero-order chi connectivity index (χ0) is 12.1. The first-order valence-corrected chi connectivity index (χ1v) is 5.91. The lowest BCUT2D eigenvalue weighted by atomic mass is 10.1. The van der Waals surface area contributed by atoms with Crippen LogP contribution in [-0.2, 0) is 6.54 Å². The van der Waals surface area contributed by atoms with E-state index in [0.717, 1.165) is 25.9 Å². The summed E-state index contributed by atoms with van der Waals surface area (Å²) in [5.74, 6) is 0.164. The molecule has 1 fully saturated rings. The van der Waals surface area contributed by atoms with E-state index in [0.29, 0.717) is 11.7 Å². The smallest absolute Gasteiger partial charge is 0.191 e. The van der Waals surface area contributed by atoms with E-state index in [-0.39, 0.29) is 36.3 Å². The number of halogens is 2. The van der Waals surface area contributed by atoms with Crippen molar-refractivity contribution in [2.45, 2.75) is 25.8 Å². The molecular formula is C12H18FIN4. The molecule has 0 radical (unpaired) electrons. The van der Waals surface area contributed by atoms with Crippen LogP contribution in [0.15, 0.2) is 23.3 Å². The Labute approximate surface area is 124 Å². The Balaban J connectivity index is 0.00000162. The Kier molecular flexibility index (Phi) is 6.31. The van der Waals surface area contributed by atoms with Crippen LogP contribution in [0.25, 0.3) is 0 Å². The van der Waals surface area contributed by atoms with Gasteiger partial charge in [-0.15, -0.1) is 24.0 Å². The molecule has 1 saturated heterocycles. The van der Waals surface area contributed by atoms with E-state index < -0.39 is 0 Å². The number of aliphatic imine (C=N–C) groups is 1. The molecule has 0 bridgehead atoms. The van der Waals surface area contributed by atoms with Crippen LogP contribution in [0.2, 0.25) is 0 Å². The van der Waals surface area contributed by atoms with E-state index in [4.69, 9.17) is 5.73 Å². The maximum Gasteiger partial charge on any atom is 0.191 e. The summed E-state index contributed by atoms with van der Waals surface area (Å²) >= 11 is 0. The van der Waals surface area contributed by atoms with Gasteiger partial charge in [-0.1, -0.05) is 0 Å². The highest BCUT2D eigenvalue weighted by Crippen LogP contribution is 2.09. The number of rotatable bonds is 2. The normalized spacial score (nSPS) is 16.3. The standard InChI is InChI=1S/C12H17FN4.HI/c13-10-5-4-6-15-11(10)9-16-12(14)17-7-2-1-3-8-17;/h4-6H,1-3,7-9H2,(H2,14,16);1H. The summed E-state index contributed by atoms with van der Waals surface area (Å²) in [7, 11) is 0. The van der Waals surface area contributed by atoms with E-state index in [1.165, 1.54) is 12.5 Å². The molecule has 0 amide bonds. The third-order valence-corrected chi connectivity index (χ3v) is 2.91. The molecule has 0 atom stereocenters. The van der Waals surface area contributed by atoms with Crippen molar-refractivity contribution in [2.75, 3.05) is 13.1 Å². The lowest BCUT2D eigenvalue weighted by Crippen LogP contribution is -2.40. The minimum Gasteiger partial charge on any atom is -0.370 e. The largest absolute Gasteiger partial charge is 0.370 e. The van der Waals surface area contributed by atoms with Crippen molar-refractivity contribution in [3.63, 3.8) is 0 Å². The molecule has 0 unspecified atom stereocenters. The molecular weight excluding hydrogens is 346 g/mol. The van der Waals surface area contributed by atoms with Crippen LogP contribution in [0.1, 0.15) is 25.0 Å². The maximum absolute atomic E-state index is 13.3. The van der Waals surface area contributed by atoms with Gasteiger partial charge in [0.05, 0.1) is 12.2 Å². The van der Waals surface area contributed by atoms with Crippen molar-refractivity contribution in [3.8, 4) is 0 Å². The van der Waals surface area contributed by atoms with Crippen molar-refractivity contribution in [1.29, 1.82) is 0 Å². The summed E-state index contributed by atoms with van der Waals surface area (Å²) in [6.07, 6.45) is 5.10. The summed E-state index contributed by atoms with van der Waals surface area (Å²) in [6.45, 7) is 2.09. The Morgan fingerprint density at radius 2 is 2.11 bits per heavy atom. The number of likely N-dealkylation sites (tertiary alicyclic amines) is 1. The van der Waals surface area contributed by atoms with E-state index in [1.807, 2.05) is 4.90 Å². The first-order chi connectivity index (χ1) is 8.27. The Morgan fingerprint density at radius 3 is 2.78 bits per heavy atom. The second kappa shape index (κ2) is 7.50. The van der Waals surface area contributed by atoms with E-state index in [1.54, 1.807) is 12.3 Å². The van der Waals surface area contributed by atoms with Gasteiger partial charge in [0, 0.05) is 19.3 Å². The number of nitrogens with zero attached hydrogens (tertiary/aromatic N) is 3. The summed E-state index contributed by atoms with van der Waals surface area (Å²) in [5.41, 5.74) is 6.21. The van der Waals surface area contributed by atoms with Gasteiger partial charge in [-0.05, 0) is 31.4 Å². The quantitative estimate of drug-likeness (QED) is 0.497. The number of guanidine groups is 1. The molecule has 1 aromatic heterocycles. The number of pyridine rings is 1. The molecule has 1 aromatic rings. The molecule has 1 aliphatic rings. The van der Waals surface area contributed by atoms with Crippen LogP contribution in [0, 0.1) is 5.82 Å². The molecule has 2 rings (SSSR count). The summed E-state index contributed by atoms with van der Waals surface area (Å²) in [5, 5.41) is 0. The Bertz CT molecular complexity index is 405. The van der Waals surface area contributed by atoms with Crippen molar-refractivity contribution in [3.05, 3.63) is 29.8 Å². The first-order valence-electron chi connectivity index (χ1n) is 5.91. The van der Waals surface area contributed by atoms with E-state index >= 15 is 0 Å². The highest BCUT2D eigenvalue weighted by molar-refractivity contribution is 14.0. The van der Waals surface area contributed by atoms with Crippen LogP contribution in [-0.4, -0.2) is 28.9 Å². The van der Waals surface area contributed by atoms with Gasteiger partial charge in [0.25, 0.3) is 0 Å². The molecule has 0 spiro atoms. The zero-order valence-corrected chi connectivity index (χ0v) is 12.5.